The lowest BCUT2D eigenvalue weighted by Gasteiger charge is -2.36. The summed E-state index contributed by atoms with van der Waals surface area (Å²) in [7, 11) is 0. The van der Waals surface area contributed by atoms with Gasteiger partial charge in [0.05, 0.1) is 16.6 Å². The Morgan fingerprint density at radius 1 is 1.33 bits per heavy atom. The van der Waals surface area contributed by atoms with E-state index in [1.54, 1.807) is 12.1 Å². The van der Waals surface area contributed by atoms with Crippen LogP contribution >= 0.6 is 23.2 Å². The van der Waals surface area contributed by atoms with E-state index in [1.165, 1.54) is 11.0 Å². The molecule has 96 valence electrons. The summed E-state index contributed by atoms with van der Waals surface area (Å²) in [6, 6.07) is 4.36. The van der Waals surface area contributed by atoms with E-state index in [-0.39, 0.29) is 19.1 Å². The molecule has 0 spiro atoms. The summed E-state index contributed by atoms with van der Waals surface area (Å²) >= 11 is 11.6. The highest BCUT2D eigenvalue weighted by Crippen LogP contribution is 2.26. The zero-order valence-electron chi connectivity index (χ0n) is 9.19. The third-order valence-electron chi connectivity index (χ3n) is 2.69. The Bertz CT molecular complexity index is 501. The average molecular weight is 289 g/mol. The molecular weight excluding hydrogens is 279 g/mol. The Balaban J connectivity index is 1.94. The van der Waals surface area contributed by atoms with Gasteiger partial charge in [-0.3, -0.25) is 4.79 Å². The van der Waals surface area contributed by atoms with Gasteiger partial charge < -0.3 is 15.3 Å². The SMILES string of the molecule is O=C(O)C1CN(C(=O)Nc2ccc(Cl)cc2Cl)C1. The molecule has 2 rings (SSSR count). The molecule has 1 aliphatic rings. The topological polar surface area (TPSA) is 69.6 Å². The van der Waals surface area contributed by atoms with Crippen molar-refractivity contribution in [2.24, 2.45) is 5.92 Å². The first-order valence-electron chi connectivity index (χ1n) is 5.21. The van der Waals surface area contributed by atoms with Crippen molar-refractivity contribution in [3.8, 4) is 0 Å². The first kappa shape index (κ1) is 13.0. The van der Waals surface area contributed by atoms with Crippen LogP contribution in [0.1, 0.15) is 0 Å². The molecule has 0 saturated carbocycles. The van der Waals surface area contributed by atoms with Gasteiger partial charge in [-0.25, -0.2) is 4.79 Å². The van der Waals surface area contributed by atoms with Crippen molar-refractivity contribution < 1.29 is 14.7 Å². The molecule has 0 radical (unpaired) electrons. The summed E-state index contributed by atoms with van der Waals surface area (Å²) in [5, 5.41) is 12.1. The van der Waals surface area contributed by atoms with Crippen molar-refractivity contribution in [2.45, 2.75) is 0 Å². The number of rotatable bonds is 2. The van der Waals surface area contributed by atoms with Gasteiger partial charge in [0.1, 0.15) is 0 Å². The Morgan fingerprint density at radius 3 is 2.56 bits per heavy atom. The Morgan fingerprint density at radius 2 is 2.00 bits per heavy atom. The van der Waals surface area contributed by atoms with Crippen molar-refractivity contribution in [3.63, 3.8) is 0 Å². The molecular formula is C11H10Cl2N2O3. The Labute approximate surface area is 113 Å². The van der Waals surface area contributed by atoms with Crippen LogP contribution in [-0.2, 0) is 4.79 Å². The molecule has 1 heterocycles. The van der Waals surface area contributed by atoms with Crippen LogP contribution in [0.3, 0.4) is 0 Å². The maximum Gasteiger partial charge on any atom is 0.321 e. The molecule has 1 fully saturated rings. The minimum atomic E-state index is -0.886. The molecule has 18 heavy (non-hydrogen) atoms. The number of aliphatic carboxylic acids is 1. The molecule has 0 aromatic heterocycles. The number of amides is 2. The number of carbonyl (C=O) groups excluding carboxylic acids is 1. The number of anilines is 1. The van der Waals surface area contributed by atoms with E-state index in [0.717, 1.165) is 0 Å². The molecule has 1 saturated heterocycles. The summed E-state index contributed by atoms with van der Waals surface area (Å²) in [4.78, 5) is 23.7. The summed E-state index contributed by atoms with van der Waals surface area (Å²) < 4.78 is 0. The summed E-state index contributed by atoms with van der Waals surface area (Å²) in [5.41, 5.74) is 0.449. The van der Waals surface area contributed by atoms with Gasteiger partial charge in [-0.15, -0.1) is 0 Å². The zero-order valence-corrected chi connectivity index (χ0v) is 10.7. The number of hydrogen-bond donors (Lipinski definition) is 2. The summed E-state index contributed by atoms with van der Waals surface area (Å²) in [6.45, 7) is 0.429. The maximum atomic E-state index is 11.7. The zero-order chi connectivity index (χ0) is 13.3. The molecule has 0 unspecified atom stereocenters. The van der Waals surface area contributed by atoms with Crippen molar-refractivity contribution >= 4 is 40.9 Å². The fourth-order valence-corrected chi connectivity index (χ4v) is 2.04. The van der Waals surface area contributed by atoms with Gasteiger partial charge >= 0.3 is 12.0 Å². The van der Waals surface area contributed by atoms with Crippen LogP contribution in [0, 0.1) is 5.92 Å². The van der Waals surface area contributed by atoms with Crippen molar-refractivity contribution in [3.05, 3.63) is 28.2 Å². The van der Waals surface area contributed by atoms with Gasteiger partial charge in [0, 0.05) is 18.1 Å². The van der Waals surface area contributed by atoms with Crippen LogP contribution in [0.15, 0.2) is 18.2 Å². The second kappa shape index (κ2) is 5.04. The number of likely N-dealkylation sites (tertiary alicyclic amines) is 1. The van der Waals surface area contributed by atoms with Crippen LogP contribution in [0.4, 0.5) is 10.5 Å². The second-order valence-corrected chi connectivity index (χ2v) is 4.84. The predicted molar refractivity (Wildman–Crippen MR) is 68.2 cm³/mol. The number of benzene rings is 1. The smallest absolute Gasteiger partial charge is 0.321 e. The van der Waals surface area contributed by atoms with Crippen molar-refractivity contribution in [1.82, 2.24) is 4.90 Å². The van der Waals surface area contributed by atoms with Crippen LogP contribution < -0.4 is 5.32 Å². The third kappa shape index (κ3) is 2.68. The first-order chi connectivity index (χ1) is 8.47. The molecule has 2 N–H and O–H groups in total. The number of carboxylic acid groups (broad SMARTS) is 1. The van der Waals surface area contributed by atoms with Crippen LogP contribution in [-0.4, -0.2) is 35.1 Å². The lowest BCUT2D eigenvalue weighted by atomic mass is 10.0. The number of carbonyl (C=O) groups is 2. The van der Waals surface area contributed by atoms with Gasteiger partial charge in [0.15, 0.2) is 0 Å². The van der Waals surface area contributed by atoms with Gasteiger partial charge in [-0.2, -0.15) is 0 Å². The van der Waals surface area contributed by atoms with Crippen LogP contribution in [0.2, 0.25) is 10.0 Å². The van der Waals surface area contributed by atoms with E-state index in [4.69, 9.17) is 28.3 Å². The summed E-state index contributed by atoms with van der Waals surface area (Å²) in [5.74, 6) is -1.36. The lowest BCUT2D eigenvalue weighted by molar-refractivity contribution is -0.145. The number of hydrogen-bond acceptors (Lipinski definition) is 2. The number of halogens is 2. The minimum Gasteiger partial charge on any atom is -0.481 e. The number of nitrogens with one attached hydrogen (secondary N) is 1. The van der Waals surface area contributed by atoms with Gasteiger partial charge in [0.25, 0.3) is 0 Å². The largest absolute Gasteiger partial charge is 0.481 e. The molecule has 1 aliphatic heterocycles. The van der Waals surface area contributed by atoms with E-state index in [0.29, 0.717) is 15.7 Å². The monoisotopic (exact) mass is 288 g/mol. The molecule has 0 bridgehead atoms. The van der Waals surface area contributed by atoms with E-state index in [2.05, 4.69) is 5.32 Å². The third-order valence-corrected chi connectivity index (χ3v) is 3.24. The lowest BCUT2D eigenvalue weighted by Crippen LogP contribution is -2.54. The highest BCUT2D eigenvalue weighted by molar-refractivity contribution is 6.36. The van der Waals surface area contributed by atoms with Crippen LogP contribution in [0.25, 0.3) is 0 Å². The number of nitrogens with zero attached hydrogens (tertiary/aromatic N) is 1. The predicted octanol–water partition coefficient (Wildman–Crippen LogP) is 2.54. The summed E-state index contributed by atoms with van der Waals surface area (Å²) in [6.07, 6.45) is 0. The number of carboxylic acids is 1. The van der Waals surface area contributed by atoms with Crippen LogP contribution in [0.5, 0.6) is 0 Å². The standard InChI is InChI=1S/C11H10Cl2N2O3/c12-7-1-2-9(8(13)3-7)14-11(18)15-4-6(5-15)10(16)17/h1-3,6H,4-5H2,(H,14,18)(H,16,17). The van der Waals surface area contributed by atoms with E-state index in [1.807, 2.05) is 0 Å². The van der Waals surface area contributed by atoms with Gasteiger partial charge in [-0.1, -0.05) is 23.2 Å². The highest BCUT2D eigenvalue weighted by atomic mass is 35.5. The first-order valence-corrected chi connectivity index (χ1v) is 5.97. The van der Waals surface area contributed by atoms with Gasteiger partial charge in [-0.05, 0) is 18.2 Å². The van der Waals surface area contributed by atoms with Gasteiger partial charge in [0.2, 0.25) is 0 Å². The molecule has 0 aliphatic carbocycles. The highest BCUT2D eigenvalue weighted by Gasteiger charge is 2.35. The van der Waals surface area contributed by atoms with Crippen molar-refractivity contribution in [1.29, 1.82) is 0 Å². The normalized spacial score (nSPS) is 15.1. The molecule has 2 amide bonds. The van der Waals surface area contributed by atoms with E-state index < -0.39 is 11.9 Å². The Hall–Kier alpha value is -1.46. The van der Waals surface area contributed by atoms with Crippen molar-refractivity contribution in [2.75, 3.05) is 18.4 Å². The Kier molecular flexibility index (Phi) is 3.63. The van der Waals surface area contributed by atoms with E-state index >= 15 is 0 Å². The average Bonchev–Trinajstić information content (AvgIpc) is 2.19. The molecule has 7 heteroatoms. The minimum absolute atomic E-state index is 0.215. The number of urea groups is 1. The quantitative estimate of drug-likeness (QED) is 0.879. The maximum absolute atomic E-state index is 11.7. The van der Waals surface area contributed by atoms with E-state index in [9.17, 15) is 9.59 Å². The fourth-order valence-electron chi connectivity index (χ4n) is 1.59. The molecule has 1 aromatic rings. The second-order valence-electron chi connectivity index (χ2n) is 3.99. The molecule has 5 nitrogen and oxygen atoms in total. The molecule has 1 aromatic carbocycles. The fraction of sp³-hybridized carbons (Fsp3) is 0.273. The molecule has 0 atom stereocenters.